The third kappa shape index (κ3) is 2.53. The lowest BCUT2D eigenvalue weighted by Gasteiger charge is -2.12. The summed E-state index contributed by atoms with van der Waals surface area (Å²) in [5, 5.41) is 14.5. The molecule has 2 rings (SSSR count). The molecule has 4 heteroatoms. The number of aliphatic hydroxyl groups excluding tert-OH is 1. The van der Waals surface area contributed by atoms with Gasteiger partial charge in [-0.05, 0) is 36.0 Å². The molecular weight excluding hydrogens is 232 g/mol. The summed E-state index contributed by atoms with van der Waals surface area (Å²) in [6.45, 7) is 4.11. The molecular formula is C13H16N2OS. The van der Waals surface area contributed by atoms with E-state index in [0.717, 1.165) is 34.5 Å². The predicted molar refractivity (Wildman–Crippen MR) is 69.1 cm³/mol. The summed E-state index contributed by atoms with van der Waals surface area (Å²) in [5.41, 5.74) is 2.96. The van der Waals surface area contributed by atoms with Crippen LogP contribution in [0.3, 0.4) is 0 Å². The Bertz CT molecular complexity index is 496. The first-order valence-electron chi connectivity index (χ1n) is 5.78. The van der Waals surface area contributed by atoms with Crippen molar-refractivity contribution in [3.8, 4) is 0 Å². The van der Waals surface area contributed by atoms with Gasteiger partial charge in [0.1, 0.15) is 6.10 Å². The van der Waals surface area contributed by atoms with Gasteiger partial charge in [0.15, 0.2) is 0 Å². The molecule has 1 unspecified atom stereocenters. The Hall–Kier alpha value is -1.26. The first-order valence-corrected chi connectivity index (χ1v) is 6.56. The Kier molecular flexibility index (Phi) is 3.86. The van der Waals surface area contributed by atoms with E-state index in [1.54, 1.807) is 0 Å². The van der Waals surface area contributed by atoms with Gasteiger partial charge in [-0.2, -0.15) is 0 Å². The number of benzene rings is 1. The smallest absolute Gasteiger partial charge is 0.117 e. The van der Waals surface area contributed by atoms with E-state index in [2.05, 4.69) is 16.5 Å². The number of hydrogen-bond donors (Lipinski definition) is 1. The number of aliphatic hydroxyl groups is 1. The van der Waals surface area contributed by atoms with Crippen molar-refractivity contribution in [2.45, 2.75) is 32.8 Å². The Morgan fingerprint density at radius 1 is 1.35 bits per heavy atom. The summed E-state index contributed by atoms with van der Waals surface area (Å²) in [4.78, 5) is 0.876. The number of hydrogen-bond acceptors (Lipinski definition) is 4. The van der Waals surface area contributed by atoms with Crippen LogP contribution < -0.4 is 0 Å². The van der Waals surface area contributed by atoms with Crippen molar-refractivity contribution in [2.75, 3.05) is 0 Å². The molecule has 0 saturated carbocycles. The second-order valence-electron chi connectivity index (χ2n) is 4.09. The van der Waals surface area contributed by atoms with Crippen LogP contribution in [0.2, 0.25) is 0 Å². The molecule has 1 atom stereocenters. The quantitative estimate of drug-likeness (QED) is 0.905. The van der Waals surface area contributed by atoms with Gasteiger partial charge in [-0.15, -0.1) is 5.10 Å². The molecule has 0 aliphatic rings. The standard InChI is InChI=1S/C13H16N2OS/c1-3-6-11-13(17-15-14-11)12(16)10-8-5-4-7-9(10)2/h4-5,7-8,12,16H,3,6H2,1-2H3. The Morgan fingerprint density at radius 2 is 2.12 bits per heavy atom. The molecule has 0 fully saturated rings. The molecule has 0 aliphatic carbocycles. The zero-order valence-electron chi connectivity index (χ0n) is 10.1. The summed E-state index contributed by atoms with van der Waals surface area (Å²) in [5.74, 6) is 0. The summed E-state index contributed by atoms with van der Waals surface area (Å²) < 4.78 is 3.95. The van der Waals surface area contributed by atoms with Gasteiger partial charge in [-0.1, -0.05) is 42.1 Å². The van der Waals surface area contributed by atoms with Gasteiger partial charge in [0, 0.05) is 0 Å². The molecule has 90 valence electrons. The zero-order chi connectivity index (χ0) is 12.3. The topological polar surface area (TPSA) is 46.0 Å². The van der Waals surface area contributed by atoms with Crippen molar-refractivity contribution < 1.29 is 5.11 Å². The van der Waals surface area contributed by atoms with E-state index in [1.807, 2.05) is 31.2 Å². The van der Waals surface area contributed by atoms with Crippen LogP contribution in [0.5, 0.6) is 0 Å². The minimum Gasteiger partial charge on any atom is -0.383 e. The molecule has 2 aromatic rings. The average molecular weight is 248 g/mol. The second kappa shape index (κ2) is 5.38. The minimum atomic E-state index is -0.599. The van der Waals surface area contributed by atoms with Crippen molar-refractivity contribution in [2.24, 2.45) is 0 Å². The van der Waals surface area contributed by atoms with Crippen molar-refractivity contribution >= 4 is 11.5 Å². The van der Waals surface area contributed by atoms with Crippen LogP contribution in [0.1, 0.15) is 41.1 Å². The van der Waals surface area contributed by atoms with Gasteiger partial charge in [-0.3, -0.25) is 0 Å². The molecule has 1 aromatic carbocycles. The fourth-order valence-electron chi connectivity index (χ4n) is 1.87. The number of rotatable bonds is 4. The highest BCUT2D eigenvalue weighted by atomic mass is 32.1. The normalized spacial score (nSPS) is 12.6. The largest absolute Gasteiger partial charge is 0.383 e. The van der Waals surface area contributed by atoms with Gasteiger partial charge in [0.05, 0.1) is 10.6 Å². The van der Waals surface area contributed by atoms with Crippen LogP contribution in [0.25, 0.3) is 0 Å². The van der Waals surface area contributed by atoms with Crippen molar-refractivity contribution in [1.29, 1.82) is 0 Å². The zero-order valence-corrected chi connectivity index (χ0v) is 10.9. The first-order chi connectivity index (χ1) is 8.24. The number of aromatic nitrogens is 2. The van der Waals surface area contributed by atoms with Crippen molar-refractivity contribution in [1.82, 2.24) is 9.59 Å². The maximum Gasteiger partial charge on any atom is 0.117 e. The van der Waals surface area contributed by atoms with Gasteiger partial charge in [-0.25, -0.2) is 0 Å². The van der Waals surface area contributed by atoms with Gasteiger partial charge >= 0.3 is 0 Å². The monoisotopic (exact) mass is 248 g/mol. The molecule has 0 aliphatic heterocycles. The molecule has 1 heterocycles. The lowest BCUT2D eigenvalue weighted by atomic mass is 10.0. The maximum atomic E-state index is 10.4. The second-order valence-corrected chi connectivity index (χ2v) is 4.88. The van der Waals surface area contributed by atoms with Crippen molar-refractivity contribution in [3.63, 3.8) is 0 Å². The van der Waals surface area contributed by atoms with Crippen LogP contribution in [-0.4, -0.2) is 14.7 Å². The fourth-order valence-corrected chi connectivity index (χ4v) is 2.57. The fraction of sp³-hybridized carbons (Fsp3) is 0.385. The third-order valence-electron chi connectivity index (χ3n) is 2.80. The van der Waals surface area contributed by atoms with Gasteiger partial charge < -0.3 is 5.11 Å². The minimum absolute atomic E-state index is 0.599. The molecule has 0 saturated heterocycles. The molecule has 17 heavy (non-hydrogen) atoms. The highest BCUT2D eigenvalue weighted by molar-refractivity contribution is 7.05. The number of aryl methyl sites for hydroxylation is 2. The molecule has 3 nitrogen and oxygen atoms in total. The molecule has 1 aromatic heterocycles. The lowest BCUT2D eigenvalue weighted by molar-refractivity contribution is 0.222. The van der Waals surface area contributed by atoms with Crippen LogP contribution in [-0.2, 0) is 6.42 Å². The third-order valence-corrected chi connectivity index (χ3v) is 3.62. The molecule has 0 spiro atoms. The van der Waals surface area contributed by atoms with E-state index in [1.165, 1.54) is 11.5 Å². The Labute approximate surface area is 105 Å². The summed E-state index contributed by atoms with van der Waals surface area (Å²) in [6, 6.07) is 7.88. The summed E-state index contributed by atoms with van der Waals surface area (Å²) in [6.07, 6.45) is 1.28. The van der Waals surface area contributed by atoms with Crippen LogP contribution in [0.15, 0.2) is 24.3 Å². The van der Waals surface area contributed by atoms with E-state index in [-0.39, 0.29) is 0 Å². The predicted octanol–water partition coefficient (Wildman–Crippen LogP) is 2.88. The Morgan fingerprint density at radius 3 is 2.82 bits per heavy atom. The Balaban J connectivity index is 2.34. The van der Waals surface area contributed by atoms with E-state index in [0.29, 0.717) is 0 Å². The van der Waals surface area contributed by atoms with Gasteiger partial charge in [0.2, 0.25) is 0 Å². The molecule has 0 amide bonds. The molecule has 0 radical (unpaired) electrons. The molecule has 1 N–H and O–H groups in total. The highest BCUT2D eigenvalue weighted by Crippen LogP contribution is 2.29. The van der Waals surface area contributed by atoms with E-state index in [4.69, 9.17) is 0 Å². The van der Waals surface area contributed by atoms with Crippen LogP contribution in [0, 0.1) is 6.92 Å². The molecule has 0 bridgehead atoms. The number of nitrogens with zero attached hydrogens (tertiary/aromatic N) is 2. The lowest BCUT2D eigenvalue weighted by Crippen LogP contribution is -2.03. The van der Waals surface area contributed by atoms with Crippen LogP contribution in [0.4, 0.5) is 0 Å². The van der Waals surface area contributed by atoms with E-state index in [9.17, 15) is 5.11 Å². The van der Waals surface area contributed by atoms with Gasteiger partial charge in [0.25, 0.3) is 0 Å². The van der Waals surface area contributed by atoms with Crippen LogP contribution >= 0.6 is 11.5 Å². The van der Waals surface area contributed by atoms with E-state index < -0.39 is 6.10 Å². The summed E-state index contributed by atoms with van der Waals surface area (Å²) in [7, 11) is 0. The van der Waals surface area contributed by atoms with E-state index >= 15 is 0 Å². The highest BCUT2D eigenvalue weighted by Gasteiger charge is 2.19. The summed E-state index contributed by atoms with van der Waals surface area (Å²) >= 11 is 1.29. The maximum absolute atomic E-state index is 10.4. The SMILES string of the molecule is CCCc1nnsc1C(O)c1ccccc1C. The first kappa shape index (κ1) is 12.2. The van der Waals surface area contributed by atoms with Crippen molar-refractivity contribution in [3.05, 3.63) is 46.0 Å². The average Bonchev–Trinajstić information content (AvgIpc) is 2.78.